The fourth-order valence-corrected chi connectivity index (χ4v) is 0.429. The lowest BCUT2D eigenvalue weighted by Gasteiger charge is -2.11. The molecular formula is C7H13ClO2. The Morgan fingerprint density at radius 2 is 2.00 bits per heavy atom. The first-order chi connectivity index (χ1) is 4.57. The first-order valence-corrected chi connectivity index (χ1v) is 3.87. The summed E-state index contributed by atoms with van der Waals surface area (Å²) in [4.78, 5) is 10.8. The van der Waals surface area contributed by atoms with Crippen LogP contribution >= 0.6 is 11.6 Å². The molecule has 0 aliphatic heterocycles. The van der Waals surface area contributed by atoms with Gasteiger partial charge in [0.05, 0.1) is 11.8 Å². The van der Waals surface area contributed by atoms with Gasteiger partial charge in [0.25, 0.3) is 0 Å². The molecule has 0 spiro atoms. The Labute approximate surface area is 66.5 Å². The van der Waals surface area contributed by atoms with Crippen molar-refractivity contribution >= 4 is 17.6 Å². The maximum Gasteiger partial charge on any atom is 0.308 e. The molecule has 0 rings (SSSR count). The minimum Gasteiger partial charge on any atom is -0.461 e. The van der Waals surface area contributed by atoms with Crippen molar-refractivity contribution in [2.75, 3.05) is 5.88 Å². The smallest absolute Gasteiger partial charge is 0.308 e. The van der Waals surface area contributed by atoms with Crippen LogP contribution < -0.4 is 0 Å². The van der Waals surface area contributed by atoms with Crippen LogP contribution in [0.2, 0.25) is 0 Å². The van der Waals surface area contributed by atoms with E-state index < -0.39 is 0 Å². The molecule has 0 heterocycles. The average Bonchev–Trinajstić information content (AvgIpc) is 1.87. The third kappa shape index (κ3) is 3.72. The SMILES string of the molecule is CC(CCl)OC(=O)C(C)C. The highest BCUT2D eigenvalue weighted by molar-refractivity contribution is 6.18. The molecule has 0 saturated heterocycles. The summed E-state index contributed by atoms with van der Waals surface area (Å²) < 4.78 is 4.89. The van der Waals surface area contributed by atoms with Crippen molar-refractivity contribution < 1.29 is 9.53 Å². The van der Waals surface area contributed by atoms with Crippen LogP contribution in [-0.2, 0) is 9.53 Å². The zero-order valence-corrected chi connectivity index (χ0v) is 7.31. The zero-order valence-electron chi connectivity index (χ0n) is 6.56. The summed E-state index contributed by atoms with van der Waals surface area (Å²) in [5, 5.41) is 0. The third-order valence-corrected chi connectivity index (χ3v) is 1.44. The summed E-state index contributed by atoms with van der Waals surface area (Å²) in [6.07, 6.45) is -0.170. The van der Waals surface area contributed by atoms with E-state index in [-0.39, 0.29) is 18.0 Å². The van der Waals surface area contributed by atoms with Gasteiger partial charge in [-0.3, -0.25) is 4.79 Å². The number of esters is 1. The molecular weight excluding hydrogens is 152 g/mol. The van der Waals surface area contributed by atoms with Crippen LogP contribution in [0.3, 0.4) is 0 Å². The highest BCUT2D eigenvalue weighted by Gasteiger charge is 2.11. The van der Waals surface area contributed by atoms with E-state index in [0.717, 1.165) is 0 Å². The molecule has 1 unspecified atom stereocenters. The van der Waals surface area contributed by atoms with E-state index in [1.807, 2.05) is 0 Å². The number of ether oxygens (including phenoxy) is 1. The van der Waals surface area contributed by atoms with Gasteiger partial charge in [0, 0.05) is 0 Å². The molecule has 10 heavy (non-hydrogen) atoms. The fourth-order valence-electron chi connectivity index (χ4n) is 0.366. The summed E-state index contributed by atoms with van der Waals surface area (Å²) in [5.41, 5.74) is 0. The highest BCUT2D eigenvalue weighted by atomic mass is 35.5. The average molecular weight is 165 g/mol. The fraction of sp³-hybridized carbons (Fsp3) is 0.857. The van der Waals surface area contributed by atoms with Gasteiger partial charge < -0.3 is 4.74 Å². The van der Waals surface area contributed by atoms with E-state index in [1.165, 1.54) is 0 Å². The van der Waals surface area contributed by atoms with Gasteiger partial charge in [-0.15, -0.1) is 11.6 Å². The van der Waals surface area contributed by atoms with Gasteiger partial charge in [-0.1, -0.05) is 13.8 Å². The first kappa shape index (κ1) is 9.76. The summed E-state index contributed by atoms with van der Waals surface area (Å²) in [6.45, 7) is 5.36. The molecule has 0 aliphatic rings. The molecule has 1 atom stereocenters. The third-order valence-electron chi connectivity index (χ3n) is 1.01. The van der Waals surface area contributed by atoms with Crippen LogP contribution in [0.1, 0.15) is 20.8 Å². The molecule has 0 bridgehead atoms. The van der Waals surface area contributed by atoms with Crippen LogP contribution in [0.4, 0.5) is 0 Å². The van der Waals surface area contributed by atoms with Gasteiger partial charge in [0.2, 0.25) is 0 Å². The van der Waals surface area contributed by atoms with Crippen LogP contribution in [0.25, 0.3) is 0 Å². The topological polar surface area (TPSA) is 26.3 Å². The number of hydrogen-bond donors (Lipinski definition) is 0. The predicted octanol–water partition coefficient (Wildman–Crippen LogP) is 1.81. The molecule has 0 aromatic rings. The molecule has 0 amide bonds. The number of carbonyl (C=O) groups is 1. The van der Waals surface area contributed by atoms with E-state index in [2.05, 4.69) is 0 Å². The van der Waals surface area contributed by atoms with Crippen molar-refractivity contribution in [2.24, 2.45) is 5.92 Å². The summed E-state index contributed by atoms with van der Waals surface area (Å²) >= 11 is 5.42. The second-order valence-electron chi connectivity index (χ2n) is 2.56. The quantitative estimate of drug-likeness (QED) is 0.470. The Hall–Kier alpha value is -0.240. The van der Waals surface area contributed by atoms with E-state index in [1.54, 1.807) is 20.8 Å². The molecule has 0 aromatic carbocycles. The number of rotatable bonds is 3. The van der Waals surface area contributed by atoms with Crippen molar-refractivity contribution in [1.82, 2.24) is 0 Å². The van der Waals surface area contributed by atoms with Crippen molar-refractivity contribution in [3.8, 4) is 0 Å². The molecule has 3 heteroatoms. The molecule has 60 valence electrons. The summed E-state index contributed by atoms with van der Waals surface area (Å²) in [6, 6.07) is 0. The van der Waals surface area contributed by atoms with Crippen molar-refractivity contribution in [3.63, 3.8) is 0 Å². The largest absolute Gasteiger partial charge is 0.461 e. The molecule has 0 N–H and O–H groups in total. The van der Waals surface area contributed by atoms with Gasteiger partial charge >= 0.3 is 5.97 Å². The number of alkyl halides is 1. The van der Waals surface area contributed by atoms with E-state index >= 15 is 0 Å². The van der Waals surface area contributed by atoms with Crippen LogP contribution in [0.15, 0.2) is 0 Å². The Balaban J connectivity index is 3.57. The minimum absolute atomic E-state index is 0.0642. The van der Waals surface area contributed by atoms with Gasteiger partial charge in [-0.25, -0.2) is 0 Å². The Bertz CT molecular complexity index is 112. The van der Waals surface area contributed by atoms with Gasteiger partial charge in [-0.05, 0) is 6.92 Å². The first-order valence-electron chi connectivity index (χ1n) is 3.34. The maximum absolute atomic E-state index is 10.8. The van der Waals surface area contributed by atoms with Gasteiger partial charge in [0.1, 0.15) is 6.10 Å². The van der Waals surface area contributed by atoms with Gasteiger partial charge in [0.15, 0.2) is 0 Å². The minimum atomic E-state index is -0.187. The number of halogens is 1. The molecule has 0 saturated carbocycles. The molecule has 0 aliphatic carbocycles. The van der Waals surface area contributed by atoms with Crippen LogP contribution in [-0.4, -0.2) is 18.0 Å². The van der Waals surface area contributed by atoms with Crippen molar-refractivity contribution in [3.05, 3.63) is 0 Å². The molecule has 0 aromatic heterocycles. The van der Waals surface area contributed by atoms with Crippen molar-refractivity contribution in [1.29, 1.82) is 0 Å². The molecule has 2 nitrogen and oxygen atoms in total. The second kappa shape index (κ2) is 4.56. The van der Waals surface area contributed by atoms with E-state index in [4.69, 9.17) is 16.3 Å². The standard InChI is InChI=1S/C7H13ClO2/c1-5(2)7(9)10-6(3)4-8/h5-6H,4H2,1-3H3. The molecule has 0 fully saturated rings. The monoisotopic (exact) mass is 164 g/mol. The highest BCUT2D eigenvalue weighted by Crippen LogP contribution is 2.01. The lowest BCUT2D eigenvalue weighted by Crippen LogP contribution is -2.19. The lowest BCUT2D eigenvalue weighted by molar-refractivity contribution is -0.150. The van der Waals surface area contributed by atoms with Crippen molar-refractivity contribution in [2.45, 2.75) is 26.9 Å². The number of hydrogen-bond acceptors (Lipinski definition) is 2. The second-order valence-corrected chi connectivity index (χ2v) is 2.87. The normalized spacial score (nSPS) is 13.3. The Morgan fingerprint density at radius 1 is 1.50 bits per heavy atom. The zero-order chi connectivity index (χ0) is 8.15. The summed E-state index contributed by atoms with van der Waals surface area (Å²) in [5.74, 6) is 0.108. The van der Waals surface area contributed by atoms with Crippen LogP contribution in [0, 0.1) is 5.92 Å². The Kier molecular flexibility index (Phi) is 4.45. The number of carbonyl (C=O) groups excluding carboxylic acids is 1. The molecule has 0 radical (unpaired) electrons. The lowest BCUT2D eigenvalue weighted by atomic mass is 10.2. The maximum atomic E-state index is 10.8. The van der Waals surface area contributed by atoms with E-state index in [9.17, 15) is 4.79 Å². The predicted molar refractivity (Wildman–Crippen MR) is 41.1 cm³/mol. The van der Waals surface area contributed by atoms with E-state index in [0.29, 0.717) is 5.88 Å². The van der Waals surface area contributed by atoms with Crippen LogP contribution in [0.5, 0.6) is 0 Å². The van der Waals surface area contributed by atoms with Gasteiger partial charge in [-0.2, -0.15) is 0 Å². The Morgan fingerprint density at radius 3 is 2.30 bits per heavy atom. The summed E-state index contributed by atoms with van der Waals surface area (Å²) in [7, 11) is 0.